The minimum Gasteiger partial charge on any atom is -0.382 e. The van der Waals surface area contributed by atoms with Gasteiger partial charge in [0, 0.05) is 23.4 Å². The summed E-state index contributed by atoms with van der Waals surface area (Å²) in [6.07, 6.45) is 4.23. The Morgan fingerprint density at radius 2 is 2.05 bits per heavy atom. The summed E-state index contributed by atoms with van der Waals surface area (Å²) in [7, 11) is 0. The molecule has 3 aromatic rings. The second-order valence-corrected chi connectivity index (χ2v) is 5.43. The van der Waals surface area contributed by atoms with Gasteiger partial charge < -0.3 is 10.3 Å². The molecule has 3 rings (SSSR count). The standard InChI is InChI=1S/C14H14BrN5/c1-2-7-20-11-4-3-9(15)8-10(11)19-14(20)12-13(16)18-6-5-17-12/h3-6,8H,2,7H2,1H3,(H2,16,18). The quantitative estimate of drug-likeness (QED) is 0.799. The van der Waals surface area contributed by atoms with E-state index in [1.807, 2.05) is 12.1 Å². The monoisotopic (exact) mass is 331 g/mol. The zero-order chi connectivity index (χ0) is 14.1. The van der Waals surface area contributed by atoms with E-state index in [4.69, 9.17) is 5.73 Å². The average molecular weight is 332 g/mol. The van der Waals surface area contributed by atoms with Crippen LogP contribution in [0.4, 0.5) is 5.82 Å². The molecule has 6 heteroatoms. The molecule has 2 N–H and O–H groups in total. The van der Waals surface area contributed by atoms with Crippen LogP contribution in [0.1, 0.15) is 13.3 Å². The van der Waals surface area contributed by atoms with Crippen LogP contribution in [0.15, 0.2) is 35.1 Å². The average Bonchev–Trinajstić information content (AvgIpc) is 2.77. The SMILES string of the molecule is CCCn1c(-c2nccnc2N)nc2cc(Br)ccc21. The van der Waals surface area contributed by atoms with Crippen molar-refractivity contribution in [2.45, 2.75) is 19.9 Å². The molecular formula is C14H14BrN5. The number of fused-ring (bicyclic) bond motifs is 1. The first-order valence-corrected chi connectivity index (χ1v) is 7.22. The Balaban J connectivity index is 2.29. The second-order valence-electron chi connectivity index (χ2n) is 4.51. The number of halogens is 1. The number of hydrogen-bond acceptors (Lipinski definition) is 4. The van der Waals surface area contributed by atoms with Gasteiger partial charge in [-0.1, -0.05) is 22.9 Å². The molecule has 0 aliphatic rings. The van der Waals surface area contributed by atoms with Gasteiger partial charge in [0.05, 0.1) is 11.0 Å². The maximum absolute atomic E-state index is 5.93. The van der Waals surface area contributed by atoms with Crippen molar-refractivity contribution in [1.82, 2.24) is 19.5 Å². The molecule has 2 aromatic heterocycles. The van der Waals surface area contributed by atoms with Crippen LogP contribution in [0.3, 0.4) is 0 Å². The molecule has 0 bridgehead atoms. The zero-order valence-corrected chi connectivity index (χ0v) is 12.6. The zero-order valence-electron chi connectivity index (χ0n) is 11.0. The van der Waals surface area contributed by atoms with Crippen LogP contribution in [-0.4, -0.2) is 19.5 Å². The van der Waals surface area contributed by atoms with Gasteiger partial charge in [-0.2, -0.15) is 0 Å². The van der Waals surface area contributed by atoms with E-state index < -0.39 is 0 Å². The molecule has 0 amide bonds. The lowest BCUT2D eigenvalue weighted by atomic mass is 10.3. The largest absolute Gasteiger partial charge is 0.382 e. The van der Waals surface area contributed by atoms with Crippen molar-refractivity contribution < 1.29 is 0 Å². The summed E-state index contributed by atoms with van der Waals surface area (Å²) in [6, 6.07) is 6.07. The molecule has 0 aliphatic carbocycles. The lowest BCUT2D eigenvalue weighted by molar-refractivity contribution is 0.702. The number of aryl methyl sites for hydroxylation is 1. The van der Waals surface area contributed by atoms with Gasteiger partial charge in [0.1, 0.15) is 5.69 Å². The molecule has 2 heterocycles. The Hall–Kier alpha value is -1.95. The molecule has 102 valence electrons. The highest BCUT2D eigenvalue weighted by Crippen LogP contribution is 2.28. The summed E-state index contributed by atoms with van der Waals surface area (Å²) in [6.45, 7) is 3.00. The predicted molar refractivity (Wildman–Crippen MR) is 83.2 cm³/mol. The third-order valence-electron chi connectivity index (χ3n) is 3.10. The normalized spacial score (nSPS) is 11.1. The fraction of sp³-hybridized carbons (Fsp3) is 0.214. The molecular weight excluding hydrogens is 318 g/mol. The summed E-state index contributed by atoms with van der Waals surface area (Å²) in [5.41, 5.74) is 8.57. The molecule has 20 heavy (non-hydrogen) atoms. The Morgan fingerprint density at radius 1 is 1.25 bits per heavy atom. The van der Waals surface area contributed by atoms with Gasteiger partial charge in [0.25, 0.3) is 0 Å². The summed E-state index contributed by atoms with van der Waals surface area (Å²) in [5, 5.41) is 0. The number of imidazole rings is 1. The number of nitrogens with zero attached hydrogens (tertiary/aromatic N) is 4. The topological polar surface area (TPSA) is 69.6 Å². The van der Waals surface area contributed by atoms with E-state index in [0.29, 0.717) is 11.5 Å². The number of nitrogen functional groups attached to an aromatic ring is 1. The van der Waals surface area contributed by atoms with Crippen molar-refractivity contribution in [3.05, 3.63) is 35.1 Å². The Labute approximate surface area is 125 Å². The van der Waals surface area contributed by atoms with Crippen LogP contribution in [-0.2, 0) is 6.54 Å². The highest BCUT2D eigenvalue weighted by Gasteiger charge is 2.16. The minimum absolute atomic E-state index is 0.402. The molecule has 0 fully saturated rings. The van der Waals surface area contributed by atoms with Crippen molar-refractivity contribution in [1.29, 1.82) is 0 Å². The van der Waals surface area contributed by atoms with Crippen molar-refractivity contribution in [2.24, 2.45) is 0 Å². The van der Waals surface area contributed by atoms with Crippen molar-refractivity contribution in [3.63, 3.8) is 0 Å². The van der Waals surface area contributed by atoms with Gasteiger partial charge in [-0.05, 0) is 24.6 Å². The second kappa shape index (κ2) is 5.20. The number of benzene rings is 1. The smallest absolute Gasteiger partial charge is 0.163 e. The van der Waals surface area contributed by atoms with E-state index in [2.05, 4.69) is 48.4 Å². The van der Waals surface area contributed by atoms with E-state index in [-0.39, 0.29) is 0 Å². The lowest BCUT2D eigenvalue weighted by Gasteiger charge is -2.08. The minimum atomic E-state index is 0.402. The van der Waals surface area contributed by atoms with E-state index in [1.165, 1.54) is 0 Å². The molecule has 0 aliphatic heterocycles. The van der Waals surface area contributed by atoms with Crippen molar-refractivity contribution in [2.75, 3.05) is 5.73 Å². The van der Waals surface area contributed by atoms with E-state index in [9.17, 15) is 0 Å². The Kier molecular flexibility index (Phi) is 3.40. The Bertz CT molecular complexity index is 765. The molecule has 0 saturated heterocycles. The molecule has 5 nitrogen and oxygen atoms in total. The molecule has 0 radical (unpaired) electrons. The third kappa shape index (κ3) is 2.16. The number of hydrogen-bond donors (Lipinski definition) is 1. The molecule has 0 spiro atoms. The van der Waals surface area contributed by atoms with Crippen LogP contribution >= 0.6 is 15.9 Å². The van der Waals surface area contributed by atoms with Crippen LogP contribution in [0, 0.1) is 0 Å². The van der Waals surface area contributed by atoms with Gasteiger partial charge in [0.15, 0.2) is 11.6 Å². The highest BCUT2D eigenvalue weighted by molar-refractivity contribution is 9.10. The fourth-order valence-corrected chi connectivity index (χ4v) is 2.60. The van der Waals surface area contributed by atoms with Gasteiger partial charge in [0.2, 0.25) is 0 Å². The first kappa shape index (κ1) is 13.1. The van der Waals surface area contributed by atoms with Crippen LogP contribution < -0.4 is 5.73 Å². The van der Waals surface area contributed by atoms with Gasteiger partial charge in [-0.3, -0.25) is 0 Å². The number of rotatable bonds is 3. The Morgan fingerprint density at radius 3 is 2.80 bits per heavy atom. The van der Waals surface area contributed by atoms with Crippen LogP contribution in [0.2, 0.25) is 0 Å². The third-order valence-corrected chi connectivity index (χ3v) is 3.59. The van der Waals surface area contributed by atoms with E-state index >= 15 is 0 Å². The molecule has 0 saturated carbocycles. The van der Waals surface area contributed by atoms with Crippen molar-refractivity contribution >= 4 is 32.8 Å². The van der Waals surface area contributed by atoms with Gasteiger partial charge in [-0.25, -0.2) is 15.0 Å². The van der Waals surface area contributed by atoms with Crippen molar-refractivity contribution in [3.8, 4) is 11.5 Å². The first-order valence-electron chi connectivity index (χ1n) is 6.43. The fourth-order valence-electron chi connectivity index (χ4n) is 2.25. The lowest BCUT2D eigenvalue weighted by Crippen LogP contribution is -2.04. The maximum atomic E-state index is 5.93. The van der Waals surface area contributed by atoms with Gasteiger partial charge in [-0.15, -0.1) is 0 Å². The number of aromatic nitrogens is 4. The molecule has 0 unspecified atom stereocenters. The summed E-state index contributed by atoms with van der Waals surface area (Å²) in [4.78, 5) is 13.1. The molecule has 0 atom stereocenters. The summed E-state index contributed by atoms with van der Waals surface area (Å²) < 4.78 is 3.15. The highest BCUT2D eigenvalue weighted by atomic mass is 79.9. The maximum Gasteiger partial charge on any atom is 0.163 e. The number of nitrogens with two attached hydrogens (primary N) is 1. The first-order chi connectivity index (χ1) is 9.70. The van der Waals surface area contributed by atoms with Gasteiger partial charge >= 0.3 is 0 Å². The molecule has 1 aromatic carbocycles. The summed E-state index contributed by atoms with van der Waals surface area (Å²) in [5.74, 6) is 1.17. The van der Waals surface area contributed by atoms with Crippen LogP contribution in [0.5, 0.6) is 0 Å². The van der Waals surface area contributed by atoms with E-state index in [0.717, 1.165) is 34.3 Å². The predicted octanol–water partition coefficient (Wildman–Crippen LogP) is 3.25. The number of anilines is 1. The van der Waals surface area contributed by atoms with E-state index in [1.54, 1.807) is 12.4 Å². The van der Waals surface area contributed by atoms with Crippen LogP contribution in [0.25, 0.3) is 22.6 Å². The summed E-state index contributed by atoms with van der Waals surface area (Å²) >= 11 is 3.47.